The molecule has 2 aromatic rings. The van der Waals surface area contributed by atoms with E-state index in [1.807, 2.05) is 0 Å². The minimum absolute atomic E-state index is 0.0562. The van der Waals surface area contributed by atoms with Crippen LogP contribution in [0.15, 0.2) is 41.3 Å². The number of hydrogen-bond donors (Lipinski definition) is 0. The molecule has 0 fully saturated rings. The second-order valence-corrected chi connectivity index (χ2v) is 9.26. The van der Waals surface area contributed by atoms with Gasteiger partial charge in [-0.25, -0.2) is 8.42 Å². The quantitative estimate of drug-likeness (QED) is 0.475. The molecule has 0 saturated heterocycles. The molecule has 7 nitrogen and oxygen atoms in total. The summed E-state index contributed by atoms with van der Waals surface area (Å²) in [6.07, 6.45) is 0. The highest BCUT2D eigenvalue weighted by molar-refractivity contribution is 7.89. The Morgan fingerprint density at radius 2 is 1.70 bits per heavy atom. The molecule has 0 heterocycles. The fourth-order valence-electron chi connectivity index (χ4n) is 3.37. The van der Waals surface area contributed by atoms with Crippen molar-refractivity contribution in [2.24, 2.45) is 0 Å². The van der Waals surface area contributed by atoms with Crippen molar-refractivity contribution < 1.29 is 31.5 Å². The highest BCUT2D eigenvalue weighted by Gasteiger charge is 2.24. The summed E-state index contributed by atoms with van der Waals surface area (Å²) in [5, 5.41) is 0. The standard InChI is InChI=1S/C23H30F2N2O5S/c1-6-27(7-2)33(29,30)18-11-9-16(4)19(14-18)22(28)26(5)15-17-10-12-20(32-23(24)25)21(13-17)31-8-3/h9-14,23H,6-8,15H2,1-5H3. The maximum Gasteiger partial charge on any atom is 0.387 e. The number of benzene rings is 2. The maximum absolute atomic E-state index is 13.1. The number of aryl methyl sites for hydroxylation is 1. The second kappa shape index (κ2) is 11.4. The van der Waals surface area contributed by atoms with Crippen molar-refractivity contribution in [3.05, 3.63) is 53.1 Å². The van der Waals surface area contributed by atoms with E-state index in [2.05, 4.69) is 4.74 Å². The largest absolute Gasteiger partial charge is 0.490 e. The normalized spacial score (nSPS) is 11.7. The molecule has 10 heteroatoms. The number of ether oxygens (including phenoxy) is 2. The van der Waals surface area contributed by atoms with Crippen LogP contribution in [0.25, 0.3) is 0 Å². The lowest BCUT2D eigenvalue weighted by molar-refractivity contribution is -0.0514. The third-order valence-electron chi connectivity index (χ3n) is 5.07. The number of carbonyl (C=O) groups excluding carboxylic acids is 1. The van der Waals surface area contributed by atoms with Crippen molar-refractivity contribution in [3.63, 3.8) is 0 Å². The van der Waals surface area contributed by atoms with Gasteiger partial charge in [-0.1, -0.05) is 26.0 Å². The predicted molar refractivity (Wildman–Crippen MR) is 121 cm³/mol. The van der Waals surface area contributed by atoms with Gasteiger partial charge in [0.1, 0.15) is 0 Å². The third kappa shape index (κ3) is 6.42. The van der Waals surface area contributed by atoms with Crippen molar-refractivity contribution >= 4 is 15.9 Å². The van der Waals surface area contributed by atoms with E-state index in [1.54, 1.807) is 52.9 Å². The molecule has 33 heavy (non-hydrogen) atoms. The molecule has 2 aromatic carbocycles. The first-order valence-electron chi connectivity index (χ1n) is 10.6. The number of alkyl halides is 2. The molecule has 0 radical (unpaired) electrons. The number of rotatable bonds is 11. The topological polar surface area (TPSA) is 76.2 Å². The van der Waals surface area contributed by atoms with E-state index in [4.69, 9.17) is 4.74 Å². The van der Waals surface area contributed by atoms with Gasteiger partial charge in [-0.2, -0.15) is 13.1 Å². The summed E-state index contributed by atoms with van der Waals surface area (Å²) in [6.45, 7) is 5.03. The number of hydrogen-bond acceptors (Lipinski definition) is 5. The van der Waals surface area contributed by atoms with Crippen molar-refractivity contribution in [1.29, 1.82) is 0 Å². The molecule has 0 bridgehead atoms. The Balaban J connectivity index is 2.31. The van der Waals surface area contributed by atoms with Crippen LogP contribution in [0, 0.1) is 6.92 Å². The summed E-state index contributed by atoms with van der Waals surface area (Å²) in [5.74, 6) is -0.302. The molecule has 0 unspecified atom stereocenters. The van der Waals surface area contributed by atoms with E-state index in [1.165, 1.54) is 27.4 Å². The highest BCUT2D eigenvalue weighted by Crippen LogP contribution is 2.30. The van der Waals surface area contributed by atoms with Gasteiger partial charge < -0.3 is 14.4 Å². The lowest BCUT2D eigenvalue weighted by atomic mass is 10.1. The van der Waals surface area contributed by atoms with Crippen molar-refractivity contribution in [1.82, 2.24) is 9.21 Å². The SMILES string of the molecule is CCOc1cc(CN(C)C(=O)c2cc(S(=O)(=O)N(CC)CC)ccc2C)ccc1OC(F)F. The van der Waals surface area contributed by atoms with Crippen LogP contribution in [0.3, 0.4) is 0 Å². The van der Waals surface area contributed by atoms with Crippen LogP contribution in [0.4, 0.5) is 8.78 Å². The number of sulfonamides is 1. The van der Waals surface area contributed by atoms with Crippen LogP contribution in [0.1, 0.15) is 42.3 Å². The Labute approximate surface area is 194 Å². The second-order valence-electron chi connectivity index (χ2n) is 7.32. The minimum atomic E-state index is -3.71. The molecule has 0 atom stereocenters. The average Bonchev–Trinajstić information content (AvgIpc) is 2.75. The van der Waals surface area contributed by atoms with E-state index in [0.29, 0.717) is 24.2 Å². The van der Waals surface area contributed by atoms with Crippen molar-refractivity contribution in [2.45, 2.75) is 45.7 Å². The van der Waals surface area contributed by atoms with E-state index in [9.17, 15) is 22.0 Å². The number of carbonyl (C=O) groups is 1. The first kappa shape index (κ1) is 26.5. The van der Waals surface area contributed by atoms with E-state index in [-0.39, 0.29) is 41.0 Å². The van der Waals surface area contributed by atoms with Crippen LogP contribution >= 0.6 is 0 Å². The molecule has 0 aliphatic heterocycles. The van der Waals surface area contributed by atoms with Gasteiger partial charge in [0.2, 0.25) is 10.0 Å². The lowest BCUT2D eigenvalue weighted by Gasteiger charge is -2.22. The molecule has 1 amide bonds. The molecule has 2 rings (SSSR count). The highest BCUT2D eigenvalue weighted by atomic mass is 32.2. The monoisotopic (exact) mass is 484 g/mol. The number of nitrogens with zero attached hydrogens (tertiary/aromatic N) is 2. The molecular formula is C23H30F2N2O5S. The predicted octanol–water partition coefficient (Wildman–Crippen LogP) is 4.30. The van der Waals surface area contributed by atoms with Gasteiger partial charge in [0.25, 0.3) is 5.91 Å². The first-order valence-corrected chi connectivity index (χ1v) is 12.1. The van der Waals surface area contributed by atoms with Crippen LogP contribution in [-0.2, 0) is 16.6 Å². The zero-order valence-corrected chi connectivity index (χ0v) is 20.3. The first-order chi connectivity index (χ1) is 15.5. The van der Waals surface area contributed by atoms with E-state index in [0.717, 1.165) is 0 Å². The van der Waals surface area contributed by atoms with Gasteiger partial charge in [-0.3, -0.25) is 4.79 Å². The zero-order valence-electron chi connectivity index (χ0n) is 19.5. The van der Waals surface area contributed by atoms with Gasteiger partial charge in [-0.15, -0.1) is 0 Å². The molecule has 0 N–H and O–H groups in total. The van der Waals surface area contributed by atoms with Gasteiger partial charge >= 0.3 is 6.61 Å². The average molecular weight is 485 g/mol. The maximum atomic E-state index is 13.1. The lowest BCUT2D eigenvalue weighted by Crippen LogP contribution is -2.31. The smallest absolute Gasteiger partial charge is 0.387 e. The van der Waals surface area contributed by atoms with Crippen molar-refractivity contribution in [3.8, 4) is 11.5 Å². The number of amides is 1. The Bertz CT molecular complexity index is 1070. The Morgan fingerprint density at radius 3 is 2.27 bits per heavy atom. The van der Waals surface area contributed by atoms with Gasteiger partial charge in [-0.05, 0) is 49.2 Å². The Hall–Kier alpha value is -2.72. The summed E-state index contributed by atoms with van der Waals surface area (Å²) in [5.41, 5.74) is 1.55. The molecule has 0 spiro atoms. The molecule has 0 aliphatic carbocycles. The summed E-state index contributed by atoms with van der Waals surface area (Å²) >= 11 is 0. The van der Waals surface area contributed by atoms with Crippen LogP contribution in [0.5, 0.6) is 11.5 Å². The molecular weight excluding hydrogens is 454 g/mol. The van der Waals surface area contributed by atoms with Gasteiger partial charge in [0.05, 0.1) is 11.5 Å². The summed E-state index contributed by atoms with van der Waals surface area (Å²) in [6, 6.07) is 8.98. The molecule has 0 aromatic heterocycles. The van der Waals surface area contributed by atoms with E-state index >= 15 is 0 Å². The molecule has 0 saturated carbocycles. The fraction of sp³-hybridized carbons (Fsp3) is 0.435. The zero-order chi connectivity index (χ0) is 24.8. The van der Waals surface area contributed by atoms with Crippen LogP contribution in [-0.4, -0.2) is 56.9 Å². The molecule has 182 valence electrons. The summed E-state index contributed by atoms with van der Waals surface area (Å²) < 4.78 is 62.2. The Morgan fingerprint density at radius 1 is 1.03 bits per heavy atom. The van der Waals surface area contributed by atoms with Gasteiger partial charge in [0.15, 0.2) is 11.5 Å². The summed E-state index contributed by atoms with van der Waals surface area (Å²) in [7, 11) is -2.13. The van der Waals surface area contributed by atoms with Gasteiger partial charge in [0, 0.05) is 32.2 Å². The molecule has 0 aliphatic rings. The third-order valence-corrected chi connectivity index (χ3v) is 7.12. The van der Waals surface area contributed by atoms with Crippen molar-refractivity contribution in [2.75, 3.05) is 26.7 Å². The fourth-order valence-corrected chi connectivity index (χ4v) is 4.85. The van der Waals surface area contributed by atoms with Crippen LogP contribution in [0.2, 0.25) is 0 Å². The van der Waals surface area contributed by atoms with Crippen LogP contribution < -0.4 is 9.47 Å². The summed E-state index contributed by atoms with van der Waals surface area (Å²) in [4.78, 5) is 14.6. The Kier molecular flexibility index (Phi) is 9.18. The van der Waals surface area contributed by atoms with E-state index < -0.39 is 16.6 Å². The minimum Gasteiger partial charge on any atom is -0.490 e. The number of halogens is 2.